The van der Waals surface area contributed by atoms with Crippen LogP contribution in [0.2, 0.25) is 0 Å². The Morgan fingerprint density at radius 3 is 2.44 bits per heavy atom. The molecule has 2 nitrogen and oxygen atoms in total. The molecule has 0 amide bonds. The van der Waals surface area contributed by atoms with Gasteiger partial charge >= 0.3 is 0 Å². The second kappa shape index (κ2) is 5.21. The average molecular weight is 224 g/mol. The normalized spacial score (nSPS) is 12.9. The van der Waals surface area contributed by atoms with E-state index in [0.717, 1.165) is 0 Å². The molecule has 0 aromatic heterocycles. The van der Waals surface area contributed by atoms with Crippen LogP contribution in [-0.4, -0.2) is 19.0 Å². The minimum atomic E-state index is -0.512. The van der Waals surface area contributed by atoms with Crippen LogP contribution in [0, 0.1) is 18.7 Å². The van der Waals surface area contributed by atoms with E-state index in [2.05, 4.69) is 0 Å². The number of hydrogen-bond acceptors (Lipinski definition) is 2. The molecule has 1 aromatic carbocycles. The van der Waals surface area contributed by atoms with Gasteiger partial charge in [-0.3, -0.25) is 4.79 Å². The lowest BCUT2D eigenvalue weighted by molar-refractivity contribution is 0.0458. The van der Waals surface area contributed by atoms with Crippen molar-refractivity contribution in [1.82, 2.24) is 0 Å². The molecule has 0 radical (unpaired) electrons. The maximum absolute atomic E-state index is 13.3. The second-order valence-corrected chi connectivity index (χ2v) is 4.23. The first-order valence-corrected chi connectivity index (χ1v) is 5.30. The van der Waals surface area contributed by atoms with Crippen LogP contribution in [0.15, 0.2) is 18.2 Å². The Kier molecular flexibility index (Phi) is 4.19. The Balaban J connectivity index is 2.99. The molecule has 0 fully saturated rings. The standard InChI is InChI=1S/C13H17FO2/c1-8(2)13(16-4)12(15)10-6-5-9(3)11(14)7-10/h5-8,13H,1-4H3. The zero-order valence-electron chi connectivity index (χ0n) is 10.1. The summed E-state index contributed by atoms with van der Waals surface area (Å²) >= 11 is 0. The van der Waals surface area contributed by atoms with Crippen LogP contribution in [-0.2, 0) is 4.74 Å². The molecule has 0 bridgehead atoms. The predicted molar refractivity (Wildman–Crippen MR) is 61.1 cm³/mol. The fourth-order valence-corrected chi connectivity index (χ4v) is 1.59. The predicted octanol–water partition coefficient (Wildman–Crippen LogP) is 2.99. The van der Waals surface area contributed by atoms with E-state index in [0.29, 0.717) is 11.1 Å². The van der Waals surface area contributed by atoms with Crippen LogP contribution in [0.25, 0.3) is 0 Å². The van der Waals surface area contributed by atoms with E-state index in [1.54, 1.807) is 19.1 Å². The largest absolute Gasteiger partial charge is 0.373 e. The molecular formula is C13H17FO2. The van der Waals surface area contributed by atoms with Crippen molar-refractivity contribution >= 4 is 5.78 Å². The molecule has 1 rings (SSSR count). The first-order valence-electron chi connectivity index (χ1n) is 5.30. The maximum atomic E-state index is 13.3. The third kappa shape index (κ3) is 2.67. The first-order chi connectivity index (χ1) is 7.47. The lowest BCUT2D eigenvalue weighted by Gasteiger charge is -2.17. The van der Waals surface area contributed by atoms with Crippen molar-refractivity contribution in [3.05, 3.63) is 35.1 Å². The monoisotopic (exact) mass is 224 g/mol. The summed E-state index contributed by atoms with van der Waals surface area (Å²) in [5.74, 6) is -0.456. The van der Waals surface area contributed by atoms with Gasteiger partial charge in [-0.15, -0.1) is 0 Å². The topological polar surface area (TPSA) is 26.3 Å². The van der Waals surface area contributed by atoms with E-state index in [1.807, 2.05) is 13.8 Å². The molecule has 0 heterocycles. The highest BCUT2D eigenvalue weighted by molar-refractivity contribution is 5.99. The number of ether oxygens (including phenoxy) is 1. The number of carbonyl (C=O) groups is 1. The van der Waals surface area contributed by atoms with Gasteiger partial charge in [-0.05, 0) is 24.5 Å². The van der Waals surface area contributed by atoms with Crippen LogP contribution < -0.4 is 0 Å². The summed E-state index contributed by atoms with van der Waals surface area (Å²) in [6, 6.07) is 4.51. The van der Waals surface area contributed by atoms with Gasteiger partial charge in [0.05, 0.1) is 0 Å². The van der Waals surface area contributed by atoms with Crippen LogP contribution in [0.4, 0.5) is 4.39 Å². The van der Waals surface area contributed by atoms with Crippen molar-refractivity contribution in [1.29, 1.82) is 0 Å². The molecule has 88 valence electrons. The Morgan fingerprint density at radius 2 is 2.00 bits per heavy atom. The van der Waals surface area contributed by atoms with Gasteiger partial charge in [0.25, 0.3) is 0 Å². The van der Waals surface area contributed by atoms with Crippen LogP contribution >= 0.6 is 0 Å². The van der Waals surface area contributed by atoms with Gasteiger partial charge < -0.3 is 4.74 Å². The van der Waals surface area contributed by atoms with E-state index in [1.165, 1.54) is 13.2 Å². The van der Waals surface area contributed by atoms with Crippen molar-refractivity contribution < 1.29 is 13.9 Å². The number of Topliss-reactive ketones (excluding diaryl/α,β-unsaturated/α-hetero) is 1. The molecule has 0 aliphatic heterocycles. The van der Waals surface area contributed by atoms with Gasteiger partial charge in [-0.1, -0.05) is 26.0 Å². The number of aryl methyl sites for hydroxylation is 1. The summed E-state index contributed by atoms with van der Waals surface area (Å²) < 4.78 is 18.4. The Bertz CT molecular complexity index is 386. The average Bonchev–Trinajstić information content (AvgIpc) is 2.22. The summed E-state index contributed by atoms with van der Waals surface area (Å²) in [6.45, 7) is 5.47. The second-order valence-electron chi connectivity index (χ2n) is 4.23. The third-order valence-electron chi connectivity index (χ3n) is 2.57. The van der Waals surface area contributed by atoms with Gasteiger partial charge in [0.1, 0.15) is 11.9 Å². The molecule has 1 atom stereocenters. The number of methoxy groups -OCH3 is 1. The Labute approximate surface area is 95.4 Å². The van der Waals surface area contributed by atoms with Gasteiger partial charge in [-0.25, -0.2) is 4.39 Å². The first kappa shape index (κ1) is 12.8. The van der Waals surface area contributed by atoms with Crippen molar-refractivity contribution in [3.63, 3.8) is 0 Å². The zero-order chi connectivity index (χ0) is 12.3. The minimum absolute atomic E-state index is 0.0712. The number of carbonyl (C=O) groups excluding carboxylic acids is 1. The lowest BCUT2D eigenvalue weighted by Crippen LogP contribution is -2.28. The van der Waals surface area contributed by atoms with E-state index >= 15 is 0 Å². The van der Waals surface area contributed by atoms with Gasteiger partial charge in [-0.2, -0.15) is 0 Å². The molecule has 0 saturated carbocycles. The molecule has 0 saturated heterocycles. The third-order valence-corrected chi connectivity index (χ3v) is 2.57. The number of hydrogen-bond donors (Lipinski definition) is 0. The van der Waals surface area contributed by atoms with Crippen LogP contribution in [0.5, 0.6) is 0 Å². The van der Waals surface area contributed by atoms with Crippen LogP contribution in [0.1, 0.15) is 29.8 Å². The molecule has 0 aliphatic carbocycles. The maximum Gasteiger partial charge on any atom is 0.191 e. The number of ketones is 1. The van der Waals surface area contributed by atoms with Gasteiger partial charge in [0.2, 0.25) is 0 Å². The zero-order valence-corrected chi connectivity index (χ0v) is 10.1. The van der Waals surface area contributed by atoms with Gasteiger partial charge in [0.15, 0.2) is 5.78 Å². The van der Waals surface area contributed by atoms with Crippen LogP contribution in [0.3, 0.4) is 0 Å². The quantitative estimate of drug-likeness (QED) is 0.735. The highest BCUT2D eigenvalue weighted by Crippen LogP contribution is 2.16. The summed E-state index contributed by atoms with van der Waals surface area (Å²) in [4.78, 5) is 12.0. The number of halogens is 1. The molecule has 16 heavy (non-hydrogen) atoms. The Morgan fingerprint density at radius 1 is 1.38 bits per heavy atom. The van der Waals surface area contributed by atoms with Crippen molar-refractivity contribution in [2.24, 2.45) is 5.92 Å². The van der Waals surface area contributed by atoms with E-state index < -0.39 is 6.10 Å². The van der Waals surface area contributed by atoms with Crippen molar-refractivity contribution in [2.75, 3.05) is 7.11 Å². The van der Waals surface area contributed by atoms with E-state index in [4.69, 9.17) is 4.74 Å². The molecule has 0 spiro atoms. The van der Waals surface area contributed by atoms with E-state index in [9.17, 15) is 9.18 Å². The number of benzene rings is 1. The lowest BCUT2D eigenvalue weighted by atomic mass is 9.97. The summed E-state index contributed by atoms with van der Waals surface area (Å²) in [7, 11) is 1.49. The SMILES string of the molecule is COC(C(=O)c1ccc(C)c(F)c1)C(C)C. The van der Waals surface area contributed by atoms with Gasteiger partial charge in [0, 0.05) is 12.7 Å². The fraction of sp³-hybridized carbons (Fsp3) is 0.462. The molecule has 0 aliphatic rings. The number of rotatable bonds is 4. The van der Waals surface area contributed by atoms with E-state index in [-0.39, 0.29) is 17.5 Å². The van der Waals surface area contributed by atoms with Crippen molar-refractivity contribution in [3.8, 4) is 0 Å². The smallest absolute Gasteiger partial charge is 0.191 e. The molecule has 0 N–H and O–H groups in total. The Hall–Kier alpha value is -1.22. The highest BCUT2D eigenvalue weighted by atomic mass is 19.1. The minimum Gasteiger partial charge on any atom is -0.373 e. The fourth-order valence-electron chi connectivity index (χ4n) is 1.59. The summed E-state index contributed by atoms with van der Waals surface area (Å²) in [5.41, 5.74) is 0.902. The summed E-state index contributed by atoms with van der Waals surface area (Å²) in [6.07, 6.45) is -0.512. The molecule has 3 heteroatoms. The summed E-state index contributed by atoms with van der Waals surface area (Å²) in [5, 5.41) is 0. The molecule has 1 aromatic rings. The highest BCUT2D eigenvalue weighted by Gasteiger charge is 2.23. The molecule has 1 unspecified atom stereocenters. The molecular weight excluding hydrogens is 207 g/mol. The van der Waals surface area contributed by atoms with Crippen molar-refractivity contribution in [2.45, 2.75) is 26.9 Å².